The summed E-state index contributed by atoms with van der Waals surface area (Å²) in [5, 5.41) is 34.6. The predicted octanol–water partition coefficient (Wildman–Crippen LogP) is -5.42. The molecule has 0 aliphatic carbocycles. The summed E-state index contributed by atoms with van der Waals surface area (Å²) in [6.45, 7) is 2.27. The fourth-order valence-electron chi connectivity index (χ4n) is 0. The molecule has 6 N–H and O–H groups in total. The molecule has 0 radical (unpaired) electrons. The molecule has 8 nitrogen and oxygen atoms in total. The average molecular weight is 262 g/mol. The van der Waals surface area contributed by atoms with Crippen molar-refractivity contribution in [1.29, 1.82) is 0 Å². The Bertz CT molecular complexity index is 139. The van der Waals surface area contributed by atoms with Crippen molar-refractivity contribution in [2.75, 3.05) is 0 Å². The molecule has 0 fully saturated rings. The molecule has 0 saturated carbocycles. The molecule has 15 heavy (non-hydrogen) atoms. The number of carbonyl (C=O) groups excluding carboxylic acids is 2. The third-order valence-electron chi connectivity index (χ3n) is 0.682. The standard InChI is InChI=1S/2C3H6O3.2H2O.Ti/c2*1-2(4)3(5)6;;;/h2*2,4H,1H3,(H,5,6);2*1H2;/p-2. The number of carboxylic acids is 2. The van der Waals surface area contributed by atoms with Crippen LogP contribution >= 0.6 is 0 Å². The van der Waals surface area contributed by atoms with Crippen molar-refractivity contribution in [2.45, 2.75) is 26.1 Å². The normalized spacial score (nSPS) is 10.9. The molecule has 0 saturated heterocycles. The quantitative estimate of drug-likeness (QED) is 0.467. The maximum Gasteiger partial charge on any atom is 0.0905 e. The molecule has 0 aromatic rings. The fourth-order valence-corrected chi connectivity index (χ4v) is 0. The minimum Gasteiger partial charge on any atom is -0.547 e. The summed E-state index contributed by atoms with van der Waals surface area (Å²) < 4.78 is 0. The van der Waals surface area contributed by atoms with Crippen LogP contribution < -0.4 is 10.2 Å². The number of aliphatic carboxylic acids is 2. The topological polar surface area (TPSA) is 184 Å². The van der Waals surface area contributed by atoms with E-state index >= 15 is 0 Å². The van der Waals surface area contributed by atoms with Crippen molar-refractivity contribution in [3.8, 4) is 0 Å². The van der Waals surface area contributed by atoms with Crippen molar-refractivity contribution in [1.82, 2.24) is 0 Å². The Morgan fingerprint density at radius 3 is 1.00 bits per heavy atom. The zero-order valence-corrected chi connectivity index (χ0v) is 9.74. The summed E-state index contributed by atoms with van der Waals surface area (Å²) in [6.07, 6.45) is -2.69. The van der Waals surface area contributed by atoms with Crippen LogP contribution in [0, 0.1) is 0 Å². The maximum absolute atomic E-state index is 9.34. The van der Waals surface area contributed by atoms with E-state index in [1.54, 1.807) is 0 Å². The predicted molar refractivity (Wildman–Crippen MR) is 40.6 cm³/mol. The van der Waals surface area contributed by atoms with Gasteiger partial charge in [-0.2, -0.15) is 0 Å². The number of carboxylic acid groups (broad SMARTS) is 2. The van der Waals surface area contributed by atoms with Gasteiger partial charge >= 0.3 is 0 Å². The molecule has 0 aromatic carbocycles. The van der Waals surface area contributed by atoms with Crippen LogP contribution in [-0.4, -0.2) is 45.3 Å². The van der Waals surface area contributed by atoms with Gasteiger partial charge in [0.1, 0.15) is 0 Å². The van der Waals surface area contributed by atoms with E-state index in [9.17, 15) is 19.8 Å². The molecule has 0 aromatic heterocycles. The largest absolute Gasteiger partial charge is 0.547 e. The molecule has 92 valence electrons. The van der Waals surface area contributed by atoms with E-state index in [1.165, 1.54) is 0 Å². The molecule has 2 unspecified atom stereocenters. The van der Waals surface area contributed by atoms with Crippen LogP contribution in [0.25, 0.3) is 0 Å². The Balaban J connectivity index is -0.0000000370. The number of rotatable bonds is 2. The van der Waals surface area contributed by atoms with Crippen molar-refractivity contribution >= 4 is 11.9 Å². The molecule has 0 spiro atoms. The van der Waals surface area contributed by atoms with Crippen LogP contribution in [0.5, 0.6) is 0 Å². The van der Waals surface area contributed by atoms with Crippen LogP contribution in [0.1, 0.15) is 13.8 Å². The van der Waals surface area contributed by atoms with Gasteiger partial charge < -0.3 is 41.0 Å². The monoisotopic (exact) mass is 262 g/mol. The summed E-state index contributed by atoms with van der Waals surface area (Å²) in [5.41, 5.74) is 0. The number of carbonyl (C=O) groups is 2. The van der Waals surface area contributed by atoms with Gasteiger partial charge in [0.05, 0.1) is 24.1 Å². The SMILES string of the molecule is CC(O)C(=O)[O-].CC(O)C(=O)[O-].O.O.[Ti]. The molecule has 0 aliphatic rings. The van der Waals surface area contributed by atoms with Crippen molar-refractivity contribution < 1.29 is 62.7 Å². The van der Waals surface area contributed by atoms with Gasteiger partial charge in [-0.25, -0.2) is 0 Å². The Kier molecular flexibility index (Phi) is 31.1. The van der Waals surface area contributed by atoms with Crippen LogP contribution in [0.4, 0.5) is 0 Å². The Morgan fingerprint density at radius 1 is 0.933 bits per heavy atom. The van der Waals surface area contributed by atoms with E-state index in [0.717, 1.165) is 13.8 Å². The average Bonchev–Trinajstić information content (AvgIpc) is 1.88. The van der Waals surface area contributed by atoms with Crippen LogP contribution in [0.15, 0.2) is 0 Å². The zero-order chi connectivity index (χ0) is 10.3. The van der Waals surface area contributed by atoms with E-state index in [2.05, 4.69) is 0 Å². The third kappa shape index (κ3) is 31.7. The molecular weight excluding hydrogens is 248 g/mol. The first-order valence-electron chi connectivity index (χ1n) is 3.06. The molecule has 9 heteroatoms. The molecule has 0 heterocycles. The van der Waals surface area contributed by atoms with Gasteiger partial charge in [-0.1, -0.05) is 0 Å². The van der Waals surface area contributed by atoms with Crippen molar-refractivity contribution in [3.05, 3.63) is 0 Å². The molecule has 0 amide bonds. The van der Waals surface area contributed by atoms with Gasteiger partial charge in [0.2, 0.25) is 0 Å². The van der Waals surface area contributed by atoms with Gasteiger partial charge in [0.25, 0.3) is 0 Å². The van der Waals surface area contributed by atoms with Crippen LogP contribution in [0.3, 0.4) is 0 Å². The first-order chi connectivity index (χ1) is 5.29. The summed E-state index contributed by atoms with van der Waals surface area (Å²) in [4.78, 5) is 18.7. The van der Waals surface area contributed by atoms with Gasteiger partial charge in [-0.05, 0) is 13.8 Å². The van der Waals surface area contributed by atoms with E-state index in [0.29, 0.717) is 0 Å². The molecule has 0 bridgehead atoms. The van der Waals surface area contributed by atoms with Gasteiger partial charge in [0, 0.05) is 21.7 Å². The van der Waals surface area contributed by atoms with Gasteiger partial charge in [-0.3, -0.25) is 0 Å². The summed E-state index contributed by atoms with van der Waals surface area (Å²) in [6, 6.07) is 0. The Hall–Kier alpha value is -0.506. The smallest absolute Gasteiger partial charge is 0.0905 e. The first kappa shape index (κ1) is 29.3. The van der Waals surface area contributed by atoms with E-state index < -0.39 is 24.1 Å². The second kappa shape index (κ2) is 15.9. The Labute approximate surface area is 101 Å². The molecule has 2 atom stereocenters. The number of aliphatic hydroxyl groups is 2. The summed E-state index contributed by atoms with van der Waals surface area (Å²) in [7, 11) is 0. The second-order valence-electron chi connectivity index (χ2n) is 1.99. The first-order valence-corrected chi connectivity index (χ1v) is 3.06. The van der Waals surface area contributed by atoms with Crippen molar-refractivity contribution in [3.63, 3.8) is 0 Å². The van der Waals surface area contributed by atoms with Gasteiger partial charge in [0.15, 0.2) is 0 Å². The third-order valence-corrected chi connectivity index (χ3v) is 0.682. The summed E-state index contributed by atoms with van der Waals surface area (Å²) >= 11 is 0. The molecule has 0 rings (SSSR count). The van der Waals surface area contributed by atoms with Crippen molar-refractivity contribution in [2.24, 2.45) is 0 Å². The maximum atomic E-state index is 9.34. The second-order valence-corrected chi connectivity index (χ2v) is 1.99. The number of aliphatic hydroxyl groups excluding tert-OH is 2. The minimum absolute atomic E-state index is 0. The summed E-state index contributed by atoms with van der Waals surface area (Å²) in [5.74, 6) is -2.87. The van der Waals surface area contributed by atoms with E-state index in [-0.39, 0.29) is 32.7 Å². The number of hydrogen-bond donors (Lipinski definition) is 2. The zero-order valence-electron chi connectivity index (χ0n) is 8.18. The minimum atomic E-state index is -1.44. The molecule has 0 aliphatic heterocycles. The number of hydrogen-bond acceptors (Lipinski definition) is 6. The van der Waals surface area contributed by atoms with E-state index in [1.807, 2.05) is 0 Å². The van der Waals surface area contributed by atoms with E-state index in [4.69, 9.17) is 10.2 Å². The fraction of sp³-hybridized carbons (Fsp3) is 0.667. The van der Waals surface area contributed by atoms with Crippen LogP contribution in [-0.2, 0) is 31.3 Å². The molecular formula is C6H14O8Ti-2. The Morgan fingerprint density at radius 2 is 1.00 bits per heavy atom. The van der Waals surface area contributed by atoms with Gasteiger partial charge in [-0.15, -0.1) is 0 Å². The van der Waals surface area contributed by atoms with Crippen LogP contribution in [0.2, 0.25) is 0 Å².